The minimum atomic E-state index is 0.665. The lowest BCUT2D eigenvalue weighted by Crippen LogP contribution is -2.31. The van der Waals surface area contributed by atoms with E-state index in [2.05, 4.69) is 54.2 Å². The summed E-state index contributed by atoms with van der Waals surface area (Å²) in [6, 6.07) is 10.3. The molecular formula is C18H24N8S. The quantitative estimate of drug-likeness (QED) is 0.580. The SMILES string of the molecule is CCCn1nnnc1CSc1nnc(N2CCCCC2)n1-c1ccccc1. The molecule has 0 atom stereocenters. The van der Waals surface area contributed by atoms with E-state index in [0.717, 1.165) is 48.7 Å². The zero-order valence-corrected chi connectivity index (χ0v) is 16.3. The predicted molar refractivity (Wildman–Crippen MR) is 105 cm³/mol. The molecule has 3 aromatic rings. The Morgan fingerprint density at radius 3 is 2.59 bits per heavy atom. The number of para-hydroxylation sites is 1. The Balaban J connectivity index is 1.62. The second kappa shape index (κ2) is 8.51. The average Bonchev–Trinajstić information content (AvgIpc) is 3.35. The lowest BCUT2D eigenvalue weighted by molar-refractivity contribution is 0.563. The molecule has 1 fully saturated rings. The van der Waals surface area contributed by atoms with Crippen molar-refractivity contribution in [1.29, 1.82) is 0 Å². The van der Waals surface area contributed by atoms with Crippen molar-refractivity contribution < 1.29 is 0 Å². The third kappa shape index (κ3) is 3.97. The van der Waals surface area contributed by atoms with Gasteiger partial charge >= 0.3 is 0 Å². The molecular weight excluding hydrogens is 360 g/mol. The molecule has 0 amide bonds. The number of anilines is 1. The van der Waals surface area contributed by atoms with Gasteiger partial charge < -0.3 is 4.90 Å². The Morgan fingerprint density at radius 1 is 1.00 bits per heavy atom. The molecule has 0 unspecified atom stereocenters. The van der Waals surface area contributed by atoms with Crippen molar-refractivity contribution in [2.24, 2.45) is 0 Å². The van der Waals surface area contributed by atoms with Gasteiger partial charge in [-0.25, -0.2) is 4.68 Å². The van der Waals surface area contributed by atoms with Crippen LogP contribution in [0.5, 0.6) is 0 Å². The van der Waals surface area contributed by atoms with Gasteiger partial charge in [-0.15, -0.1) is 15.3 Å². The smallest absolute Gasteiger partial charge is 0.232 e. The number of benzene rings is 1. The maximum Gasteiger partial charge on any atom is 0.232 e. The monoisotopic (exact) mass is 384 g/mol. The molecule has 0 spiro atoms. The van der Waals surface area contributed by atoms with E-state index in [0.29, 0.717) is 5.75 Å². The summed E-state index contributed by atoms with van der Waals surface area (Å²) < 4.78 is 4.02. The van der Waals surface area contributed by atoms with Crippen molar-refractivity contribution in [3.63, 3.8) is 0 Å². The first-order valence-corrected chi connectivity index (χ1v) is 10.5. The predicted octanol–water partition coefficient (Wildman–Crippen LogP) is 2.95. The molecule has 0 bridgehead atoms. The third-order valence-electron chi connectivity index (χ3n) is 4.64. The molecule has 8 nitrogen and oxygen atoms in total. The van der Waals surface area contributed by atoms with Crippen LogP contribution in [-0.4, -0.2) is 48.1 Å². The highest BCUT2D eigenvalue weighted by atomic mass is 32.2. The number of hydrogen-bond acceptors (Lipinski definition) is 7. The molecule has 0 radical (unpaired) electrons. The summed E-state index contributed by atoms with van der Waals surface area (Å²) in [7, 11) is 0. The van der Waals surface area contributed by atoms with Crippen molar-refractivity contribution in [1.82, 2.24) is 35.0 Å². The lowest BCUT2D eigenvalue weighted by atomic mass is 10.1. The molecule has 1 saturated heterocycles. The van der Waals surface area contributed by atoms with Gasteiger partial charge in [0.15, 0.2) is 11.0 Å². The van der Waals surface area contributed by atoms with Gasteiger partial charge in [0.25, 0.3) is 0 Å². The Kier molecular flexibility index (Phi) is 5.66. The summed E-state index contributed by atoms with van der Waals surface area (Å²) in [6.45, 7) is 5.01. The molecule has 4 rings (SSSR count). The van der Waals surface area contributed by atoms with Gasteiger partial charge in [-0.05, 0) is 48.2 Å². The standard InChI is InChI=1S/C18H24N8S/c1-2-11-25-16(19-22-23-25)14-27-18-21-20-17(24-12-7-4-8-13-24)26(18)15-9-5-3-6-10-15/h3,5-6,9-10H,2,4,7-8,11-14H2,1H3. The first-order chi connectivity index (χ1) is 13.4. The highest BCUT2D eigenvalue weighted by Gasteiger charge is 2.22. The van der Waals surface area contributed by atoms with Crippen molar-refractivity contribution in [3.05, 3.63) is 36.2 Å². The molecule has 27 heavy (non-hydrogen) atoms. The van der Waals surface area contributed by atoms with Gasteiger partial charge in [0.05, 0.1) is 11.4 Å². The molecule has 1 aliphatic heterocycles. The van der Waals surface area contributed by atoms with Crippen LogP contribution in [0, 0.1) is 0 Å². The topological polar surface area (TPSA) is 77.5 Å². The van der Waals surface area contributed by atoms with E-state index in [9.17, 15) is 0 Å². The molecule has 0 aliphatic carbocycles. The fraction of sp³-hybridized carbons (Fsp3) is 0.500. The normalized spacial score (nSPS) is 14.6. The van der Waals surface area contributed by atoms with Crippen LogP contribution in [0.1, 0.15) is 38.4 Å². The Bertz CT molecular complexity index is 853. The largest absolute Gasteiger partial charge is 0.341 e. The van der Waals surface area contributed by atoms with Gasteiger partial charge in [0, 0.05) is 19.6 Å². The summed E-state index contributed by atoms with van der Waals surface area (Å²) in [6.07, 6.45) is 4.70. The number of piperidine rings is 1. The van der Waals surface area contributed by atoms with Crippen LogP contribution in [0.2, 0.25) is 0 Å². The molecule has 3 heterocycles. The Morgan fingerprint density at radius 2 is 1.81 bits per heavy atom. The fourth-order valence-corrected chi connectivity index (χ4v) is 4.18. The summed E-state index contributed by atoms with van der Waals surface area (Å²) in [5, 5.41) is 21.9. The maximum absolute atomic E-state index is 4.53. The van der Waals surface area contributed by atoms with E-state index in [1.54, 1.807) is 11.8 Å². The highest BCUT2D eigenvalue weighted by Crippen LogP contribution is 2.29. The van der Waals surface area contributed by atoms with E-state index < -0.39 is 0 Å². The summed E-state index contributed by atoms with van der Waals surface area (Å²) >= 11 is 1.62. The Hall–Kier alpha value is -2.42. The van der Waals surface area contributed by atoms with Gasteiger partial charge in [0.2, 0.25) is 5.95 Å². The lowest BCUT2D eigenvalue weighted by Gasteiger charge is -2.27. The molecule has 9 heteroatoms. The number of aryl methyl sites for hydroxylation is 1. The number of tetrazole rings is 1. The number of aromatic nitrogens is 7. The van der Waals surface area contributed by atoms with Crippen molar-refractivity contribution >= 4 is 17.7 Å². The van der Waals surface area contributed by atoms with Gasteiger partial charge in [-0.3, -0.25) is 4.57 Å². The van der Waals surface area contributed by atoms with E-state index in [4.69, 9.17) is 0 Å². The Labute approximate surface area is 163 Å². The minimum absolute atomic E-state index is 0.665. The van der Waals surface area contributed by atoms with E-state index in [1.165, 1.54) is 19.3 Å². The van der Waals surface area contributed by atoms with Crippen LogP contribution in [0.4, 0.5) is 5.95 Å². The fourth-order valence-electron chi connectivity index (χ4n) is 3.30. The second-order valence-corrected chi connectivity index (χ2v) is 7.55. The average molecular weight is 385 g/mol. The van der Waals surface area contributed by atoms with E-state index in [1.807, 2.05) is 22.9 Å². The molecule has 142 valence electrons. The first-order valence-electron chi connectivity index (χ1n) is 9.50. The third-order valence-corrected chi connectivity index (χ3v) is 5.57. The summed E-state index contributed by atoms with van der Waals surface area (Å²) in [5.74, 6) is 2.46. The number of nitrogens with zero attached hydrogens (tertiary/aromatic N) is 8. The minimum Gasteiger partial charge on any atom is -0.341 e. The second-order valence-electron chi connectivity index (χ2n) is 6.61. The summed E-state index contributed by atoms with van der Waals surface area (Å²) in [5.41, 5.74) is 1.08. The maximum atomic E-state index is 4.53. The van der Waals surface area contributed by atoms with Crippen LogP contribution in [-0.2, 0) is 12.3 Å². The van der Waals surface area contributed by atoms with Crippen LogP contribution < -0.4 is 4.90 Å². The van der Waals surface area contributed by atoms with E-state index in [-0.39, 0.29) is 0 Å². The number of rotatable bonds is 7. The van der Waals surface area contributed by atoms with Crippen molar-refractivity contribution in [2.45, 2.75) is 50.1 Å². The molecule has 0 N–H and O–H groups in total. The van der Waals surface area contributed by atoms with E-state index >= 15 is 0 Å². The van der Waals surface area contributed by atoms with Gasteiger partial charge in [0.1, 0.15) is 0 Å². The van der Waals surface area contributed by atoms with Crippen molar-refractivity contribution in [3.8, 4) is 5.69 Å². The molecule has 0 saturated carbocycles. The number of thioether (sulfide) groups is 1. The highest BCUT2D eigenvalue weighted by molar-refractivity contribution is 7.98. The van der Waals surface area contributed by atoms with Gasteiger partial charge in [-0.2, -0.15) is 0 Å². The zero-order valence-electron chi connectivity index (χ0n) is 15.5. The molecule has 2 aromatic heterocycles. The van der Waals surface area contributed by atoms with Crippen LogP contribution >= 0.6 is 11.8 Å². The zero-order chi connectivity index (χ0) is 18.5. The first kappa shape index (κ1) is 18.0. The van der Waals surface area contributed by atoms with Crippen LogP contribution in [0.25, 0.3) is 5.69 Å². The van der Waals surface area contributed by atoms with Crippen molar-refractivity contribution in [2.75, 3.05) is 18.0 Å². The molecule has 1 aromatic carbocycles. The van der Waals surface area contributed by atoms with Crippen LogP contribution in [0.15, 0.2) is 35.5 Å². The van der Waals surface area contributed by atoms with Crippen LogP contribution in [0.3, 0.4) is 0 Å². The van der Waals surface area contributed by atoms with Gasteiger partial charge in [-0.1, -0.05) is 36.9 Å². The number of hydrogen-bond donors (Lipinski definition) is 0. The summed E-state index contributed by atoms with van der Waals surface area (Å²) in [4.78, 5) is 2.34. The molecule has 1 aliphatic rings.